The minimum Gasteiger partial charge on any atom is -0.382 e. The van der Waals surface area contributed by atoms with Gasteiger partial charge in [0.25, 0.3) is 5.91 Å². The van der Waals surface area contributed by atoms with Crippen LogP contribution in [-0.2, 0) is 16.2 Å². The van der Waals surface area contributed by atoms with Crippen molar-refractivity contribution in [2.24, 2.45) is 5.16 Å². The number of carbonyl (C=O) groups excluding carboxylic acids is 1. The molecule has 3 rings (SSSR count). The van der Waals surface area contributed by atoms with Crippen LogP contribution in [0.25, 0.3) is 0 Å². The Hall–Kier alpha value is -2.41. The average molecular weight is 334 g/mol. The number of aromatic nitrogens is 3. The Morgan fingerprint density at radius 3 is 3.09 bits per heavy atom. The number of halogens is 1. The molecule has 7 nitrogen and oxygen atoms in total. The topological polar surface area (TPSA) is 81.4 Å². The molecule has 8 heteroatoms. The van der Waals surface area contributed by atoms with E-state index in [-0.39, 0.29) is 11.1 Å². The van der Waals surface area contributed by atoms with Crippen molar-refractivity contribution in [3.8, 4) is 0 Å². The molecule has 1 atom stereocenters. The van der Waals surface area contributed by atoms with E-state index in [1.807, 2.05) is 18.5 Å². The quantitative estimate of drug-likeness (QED) is 0.871. The van der Waals surface area contributed by atoms with Crippen LogP contribution in [0, 0.1) is 6.92 Å². The first-order chi connectivity index (χ1) is 11.1. The van der Waals surface area contributed by atoms with Gasteiger partial charge in [-0.1, -0.05) is 16.8 Å². The summed E-state index contributed by atoms with van der Waals surface area (Å²) < 4.78 is 1.88. The maximum Gasteiger partial charge on any atom is 0.268 e. The van der Waals surface area contributed by atoms with E-state index in [4.69, 9.17) is 16.4 Å². The van der Waals surface area contributed by atoms with Gasteiger partial charge in [0, 0.05) is 30.4 Å². The summed E-state index contributed by atoms with van der Waals surface area (Å²) in [5.74, 6) is -0.306. The minimum absolute atomic E-state index is 0.236. The Morgan fingerprint density at radius 1 is 1.57 bits per heavy atom. The zero-order valence-electron chi connectivity index (χ0n) is 12.8. The molecule has 1 aliphatic heterocycles. The summed E-state index contributed by atoms with van der Waals surface area (Å²) in [7, 11) is 0. The average Bonchev–Trinajstić information content (AvgIpc) is 3.16. The third kappa shape index (κ3) is 3.05. The zero-order chi connectivity index (χ0) is 16.4. The molecule has 0 aromatic carbocycles. The molecule has 2 aromatic rings. The monoisotopic (exact) mass is 333 g/mol. The maximum absolute atomic E-state index is 12.3. The molecule has 0 unspecified atom stereocenters. The van der Waals surface area contributed by atoms with Crippen molar-refractivity contribution in [3.63, 3.8) is 0 Å². The van der Waals surface area contributed by atoms with Crippen molar-refractivity contribution in [1.82, 2.24) is 14.8 Å². The summed E-state index contributed by atoms with van der Waals surface area (Å²) in [6, 6.07) is 3.38. The fourth-order valence-corrected chi connectivity index (χ4v) is 2.58. The first-order valence-electron chi connectivity index (χ1n) is 7.27. The first-order valence-corrected chi connectivity index (χ1v) is 7.64. The second-order valence-electron chi connectivity index (χ2n) is 5.13. The second-order valence-corrected chi connectivity index (χ2v) is 5.48. The molecule has 0 radical (unpaired) electrons. The third-order valence-corrected chi connectivity index (χ3v) is 3.99. The van der Waals surface area contributed by atoms with Gasteiger partial charge in [0.1, 0.15) is 0 Å². The highest BCUT2D eigenvalue weighted by Gasteiger charge is 2.30. The number of pyridine rings is 1. The van der Waals surface area contributed by atoms with Crippen molar-refractivity contribution in [3.05, 3.63) is 40.9 Å². The van der Waals surface area contributed by atoms with Crippen molar-refractivity contribution in [2.45, 2.75) is 32.9 Å². The van der Waals surface area contributed by atoms with Crippen molar-refractivity contribution >= 4 is 28.9 Å². The molecular weight excluding hydrogens is 318 g/mol. The van der Waals surface area contributed by atoms with Gasteiger partial charge in [0.05, 0.1) is 17.6 Å². The van der Waals surface area contributed by atoms with Crippen LogP contribution in [0.4, 0.5) is 5.69 Å². The third-order valence-electron chi connectivity index (χ3n) is 3.69. The maximum atomic E-state index is 12.3. The predicted molar refractivity (Wildman–Crippen MR) is 86.5 cm³/mol. The van der Waals surface area contributed by atoms with Crippen molar-refractivity contribution in [1.29, 1.82) is 0 Å². The van der Waals surface area contributed by atoms with E-state index in [1.165, 1.54) is 0 Å². The minimum atomic E-state index is -0.689. The lowest BCUT2D eigenvalue weighted by Crippen LogP contribution is -2.28. The van der Waals surface area contributed by atoms with Gasteiger partial charge in [0.15, 0.2) is 5.15 Å². The van der Waals surface area contributed by atoms with Crippen LogP contribution in [0.3, 0.4) is 0 Å². The summed E-state index contributed by atoms with van der Waals surface area (Å²) in [6.07, 6.45) is 3.00. The molecule has 1 amide bonds. The van der Waals surface area contributed by atoms with E-state index in [2.05, 4.69) is 20.6 Å². The molecule has 0 spiro atoms. The molecule has 2 aromatic heterocycles. The highest BCUT2D eigenvalue weighted by Crippen LogP contribution is 2.22. The fraction of sp³-hybridized carbons (Fsp3) is 0.333. The van der Waals surface area contributed by atoms with E-state index in [9.17, 15) is 4.79 Å². The lowest BCUT2D eigenvalue weighted by Gasteiger charge is -2.10. The summed E-state index contributed by atoms with van der Waals surface area (Å²) in [5, 5.41) is 11.3. The SMILES string of the molecule is CCn1ncc(C2=NO[C@H](C(=O)Nc3cccnc3Cl)C2)c1C. The Labute approximate surface area is 138 Å². The summed E-state index contributed by atoms with van der Waals surface area (Å²) >= 11 is 5.93. The molecule has 23 heavy (non-hydrogen) atoms. The van der Waals surface area contributed by atoms with E-state index >= 15 is 0 Å². The summed E-state index contributed by atoms with van der Waals surface area (Å²) in [6.45, 7) is 4.77. The predicted octanol–water partition coefficient (Wildman–Crippen LogP) is 2.39. The number of rotatable bonds is 4. The van der Waals surface area contributed by atoms with Gasteiger partial charge in [-0.05, 0) is 26.0 Å². The van der Waals surface area contributed by atoms with E-state index in [0.29, 0.717) is 12.1 Å². The molecule has 1 aliphatic rings. The van der Waals surface area contributed by atoms with E-state index in [1.54, 1.807) is 24.5 Å². The standard InChI is InChI=1S/C15H16ClN5O2/c1-3-21-9(2)10(8-18-21)12-7-13(23-20-12)15(22)19-11-5-4-6-17-14(11)16/h4-6,8,13H,3,7H2,1-2H3,(H,19,22)/t13-/m0/s1. The van der Waals surface area contributed by atoms with Gasteiger partial charge in [0.2, 0.25) is 6.10 Å². The second kappa shape index (κ2) is 6.37. The normalized spacial score (nSPS) is 16.8. The summed E-state index contributed by atoms with van der Waals surface area (Å²) in [5.41, 5.74) is 3.08. The molecule has 1 N–H and O–H groups in total. The van der Waals surface area contributed by atoms with Crippen molar-refractivity contribution < 1.29 is 9.63 Å². The summed E-state index contributed by atoms with van der Waals surface area (Å²) in [4.78, 5) is 21.5. The highest BCUT2D eigenvalue weighted by atomic mass is 35.5. The number of hydrogen-bond acceptors (Lipinski definition) is 5. The van der Waals surface area contributed by atoms with Crippen LogP contribution in [0.2, 0.25) is 5.15 Å². The smallest absolute Gasteiger partial charge is 0.268 e. The van der Waals surface area contributed by atoms with Gasteiger partial charge in [-0.15, -0.1) is 0 Å². The number of amides is 1. The molecule has 120 valence electrons. The number of anilines is 1. The van der Waals surface area contributed by atoms with Crippen LogP contribution < -0.4 is 5.32 Å². The van der Waals surface area contributed by atoms with Gasteiger partial charge < -0.3 is 10.2 Å². The molecule has 0 bridgehead atoms. The van der Waals surface area contributed by atoms with Gasteiger partial charge in [-0.2, -0.15) is 5.10 Å². The number of nitrogens with one attached hydrogen (secondary N) is 1. The molecule has 0 saturated heterocycles. The molecule has 0 aliphatic carbocycles. The fourth-order valence-electron chi connectivity index (χ4n) is 2.42. The zero-order valence-corrected chi connectivity index (χ0v) is 13.5. The molecule has 0 saturated carbocycles. The van der Waals surface area contributed by atoms with Gasteiger partial charge in [-0.3, -0.25) is 9.48 Å². The number of nitrogens with zero attached hydrogens (tertiary/aromatic N) is 4. The van der Waals surface area contributed by atoms with Gasteiger partial charge >= 0.3 is 0 Å². The van der Waals surface area contributed by atoms with Crippen LogP contribution in [-0.4, -0.2) is 32.5 Å². The van der Waals surface area contributed by atoms with E-state index < -0.39 is 6.10 Å². The lowest BCUT2D eigenvalue weighted by atomic mass is 10.1. The van der Waals surface area contributed by atoms with Crippen LogP contribution in [0.5, 0.6) is 0 Å². The van der Waals surface area contributed by atoms with Crippen LogP contribution >= 0.6 is 11.6 Å². The Kier molecular flexibility index (Phi) is 4.29. The Bertz CT molecular complexity index is 771. The van der Waals surface area contributed by atoms with Crippen LogP contribution in [0.15, 0.2) is 29.7 Å². The largest absolute Gasteiger partial charge is 0.382 e. The highest BCUT2D eigenvalue weighted by molar-refractivity contribution is 6.32. The molecular formula is C15H16ClN5O2. The molecule has 3 heterocycles. The molecule has 0 fully saturated rings. The number of carbonyl (C=O) groups is 1. The van der Waals surface area contributed by atoms with Crippen LogP contribution in [0.1, 0.15) is 24.6 Å². The Balaban J connectivity index is 1.68. The number of hydrogen-bond donors (Lipinski definition) is 1. The Morgan fingerprint density at radius 2 is 2.39 bits per heavy atom. The number of oxime groups is 1. The first kappa shape index (κ1) is 15.5. The van der Waals surface area contributed by atoms with Gasteiger partial charge in [-0.25, -0.2) is 4.98 Å². The van der Waals surface area contributed by atoms with Crippen molar-refractivity contribution in [2.75, 3.05) is 5.32 Å². The number of aryl methyl sites for hydroxylation is 1. The van der Waals surface area contributed by atoms with E-state index in [0.717, 1.165) is 23.5 Å². The lowest BCUT2D eigenvalue weighted by molar-refractivity contribution is -0.125.